The molecule has 6 heteroatoms. The van der Waals surface area contributed by atoms with Crippen molar-refractivity contribution in [1.29, 1.82) is 0 Å². The van der Waals surface area contributed by atoms with Crippen LogP contribution in [0.15, 0.2) is 35.1 Å². The van der Waals surface area contributed by atoms with Gasteiger partial charge in [0, 0.05) is 4.88 Å². The van der Waals surface area contributed by atoms with Gasteiger partial charge in [-0.1, -0.05) is 19.1 Å². The number of para-hydroxylation sites is 1. The molecule has 1 aliphatic carbocycles. The van der Waals surface area contributed by atoms with Crippen molar-refractivity contribution in [2.75, 3.05) is 0 Å². The topological polar surface area (TPSA) is 72.0 Å². The monoisotopic (exact) mass is 368 g/mol. The quantitative estimate of drug-likeness (QED) is 0.709. The Morgan fingerprint density at radius 2 is 2.19 bits per heavy atom. The number of nitrogens with zero attached hydrogens (tertiary/aromatic N) is 1. The highest BCUT2D eigenvalue weighted by molar-refractivity contribution is 7.14. The lowest BCUT2D eigenvalue weighted by Crippen LogP contribution is -2.17. The predicted octanol–water partition coefficient (Wildman–Crippen LogP) is 4.03. The van der Waals surface area contributed by atoms with Gasteiger partial charge >= 0.3 is 5.97 Å². The number of hydrogen-bond donors (Lipinski definition) is 1. The third-order valence-electron chi connectivity index (χ3n) is 4.83. The maximum Gasteiger partial charge on any atom is 0.349 e. The summed E-state index contributed by atoms with van der Waals surface area (Å²) in [5, 5.41) is 0.523. The second kappa shape index (κ2) is 6.68. The van der Waals surface area contributed by atoms with Crippen molar-refractivity contribution < 1.29 is 9.53 Å². The molecule has 0 spiro atoms. The van der Waals surface area contributed by atoms with Crippen LogP contribution in [0.2, 0.25) is 0 Å². The van der Waals surface area contributed by atoms with E-state index in [9.17, 15) is 9.59 Å². The summed E-state index contributed by atoms with van der Waals surface area (Å²) >= 11 is 1.52. The van der Waals surface area contributed by atoms with E-state index in [0.29, 0.717) is 27.5 Å². The molecule has 0 radical (unpaired) electrons. The summed E-state index contributed by atoms with van der Waals surface area (Å²) in [5.74, 6) is 0.657. The Balaban J connectivity index is 1.55. The van der Waals surface area contributed by atoms with Crippen LogP contribution in [0.4, 0.5) is 0 Å². The Hall–Kier alpha value is -2.47. The fraction of sp³-hybridized carbons (Fsp3) is 0.350. The van der Waals surface area contributed by atoms with E-state index in [1.54, 1.807) is 25.1 Å². The van der Waals surface area contributed by atoms with Gasteiger partial charge in [-0.2, -0.15) is 0 Å². The van der Waals surface area contributed by atoms with Crippen molar-refractivity contribution in [3.05, 3.63) is 61.8 Å². The van der Waals surface area contributed by atoms with Crippen molar-refractivity contribution >= 4 is 28.2 Å². The third kappa shape index (κ3) is 3.17. The van der Waals surface area contributed by atoms with Gasteiger partial charge in [-0.3, -0.25) is 4.79 Å². The Labute approximate surface area is 155 Å². The number of fused-ring (bicyclic) bond motifs is 2. The first-order valence-electron chi connectivity index (χ1n) is 8.83. The molecule has 0 bridgehead atoms. The number of thiophene rings is 1. The van der Waals surface area contributed by atoms with Gasteiger partial charge in [0.25, 0.3) is 5.56 Å². The first-order chi connectivity index (χ1) is 12.5. The number of carbonyl (C=O) groups is 1. The molecule has 0 fully saturated rings. The van der Waals surface area contributed by atoms with E-state index in [1.807, 2.05) is 12.1 Å². The molecule has 0 aliphatic heterocycles. The zero-order valence-corrected chi connectivity index (χ0v) is 15.6. The number of hydrogen-bond acceptors (Lipinski definition) is 5. The highest BCUT2D eigenvalue weighted by atomic mass is 32.1. The number of ether oxygens (including phenoxy) is 1. The molecule has 2 atom stereocenters. The molecule has 0 unspecified atom stereocenters. The van der Waals surface area contributed by atoms with Crippen molar-refractivity contribution in [1.82, 2.24) is 9.97 Å². The second-order valence-corrected chi connectivity index (χ2v) is 8.06. The van der Waals surface area contributed by atoms with E-state index in [-0.39, 0.29) is 11.5 Å². The van der Waals surface area contributed by atoms with Crippen molar-refractivity contribution in [3.8, 4) is 0 Å². The Bertz CT molecular complexity index is 1040. The van der Waals surface area contributed by atoms with Gasteiger partial charge in [-0.05, 0) is 55.9 Å². The molecular weight excluding hydrogens is 348 g/mol. The van der Waals surface area contributed by atoms with Gasteiger partial charge < -0.3 is 9.72 Å². The molecule has 2 aromatic heterocycles. The van der Waals surface area contributed by atoms with Crippen molar-refractivity contribution in [3.63, 3.8) is 0 Å². The summed E-state index contributed by atoms with van der Waals surface area (Å²) in [5.41, 5.74) is 1.63. The molecule has 26 heavy (non-hydrogen) atoms. The van der Waals surface area contributed by atoms with E-state index in [1.165, 1.54) is 28.2 Å². The molecule has 4 rings (SSSR count). The first kappa shape index (κ1) is 17.0. The zero-order chi connectivity index (χ0) is 18.3. The summed E-state index contributed by atoms with van der Waals surface area (Å²) in [6, 6.07) is 9.07. The van der Waals surface area contributed by atoms with Gasteiger partial charge in [-0.25, -0.2) is 9.78 Å². The largest absolute Gasteiger partial charge is 0.450 e. The van der Waals surface area contributed by atoms with Gasteiger partial charge in [0.15, 0.2) is 11.9 Å². The maximum absolute atomic E-state index is 12.5. The summed E-state index contributed by atoms with van der Waals surface area (Å²) in [6.45, 7) is 3.96. The molecule has 1 aromatic carbocycles. The summed E-state index contributed by atoms with van der Waals surface area (Å²) in [4.78, 5) is 33.8. The van der Waals surface area contributed by atoms with Crippen LogP contribution in [0.3, 0.4) is 0 Å². The Morgan fingerprint density at radius 1 is 1.38 bits per heavy atom. The number of aromatic nitrogens is 2. The van der Waals surface area contributed by atoms with Crippen LogP contribution in [-0.2, 0) is 17.6 Å². The molecule has 134 valence electrons. The number of carbonyl (C=O) groups excluding carboxylic acids is 1. The predicted molar refractivity (Wildman–Crippen MR) is 102 cm³/mol. The van der Waals surface area contributed by atoms with Gasteiger partial charge in [0.05, 0.1) is 10.9 Å². The molecule has 2 heterocycles. The van der Waals surface area contributed by atoms with Crippen LogP contribution in [0.5, 0.6) is 0 Å². The maximum atomic E-state index is 12.5. The highest BCUT2D eigenvalue weighted by Crippen LogP contribution is 2.33. The van der Waals surface area contributed by atoms with Crippen LogP contribution in [0, 0.1) is 5.92 Å². The molecule has 3 aromatic rings. The van der Waals surface area contributed by atoms with E-state index in [2.05, 4.69) is 16.9 Å². The smallest absolute Gasteiger partial charge is 0.349 e. The Kier molecular flexibility index (Phi) is 4.36. The number of rotatable bonds is 3. The SMILES string of the molecule is C[C@@H]1CCc2sc(C(=O)O[C@H](C)c3nc4ccccc4c(=O)[nH]3)cc2C1. The number of aromatic amines is 1. The average Bonchev–Trinajstić information content (AvgIpc) is 3.05. The first-order valence-corrected chi connectivity index (χ1v) is 9.64. The fourth-order valence-corrected chi connectivity index (χ4v) is 4.47. The second-order valence-electron chi connectivity index (χ2n) is 6.92. The van der Waals surface area contributed by atoms with Crippen LogP contribution < -0.4 is 5.56 Å². The summed E-state index contributed by atoms with van der Waals surface area (Å²) in [7, 11) is 0. The Morgan fingerprint density at radius 3 is 3.04 bits per heavy atom. The number of benzene rings is 1. The van der Waals surface area contributed by atoms with Crippen LogP contribution in [-0.4, -0.2) is 15.9 Å². The van der Waals surface area contributed by atoms with Gasteiger partial charge in [0.2, 0.25) is 0 Å². The minimum absolute atomic E-state index is 0.228. The molecule has 1 aliphatic rings. The molecule has 5 nitrogen and oxygen atoms in total. The van der Waals surface area contributed by atoms with Crippen LogP contribution in [0.1, 0.15) is 52.3 Å². The van der Waals surface area contributed by atoms with E-state index >= 15 is 0 Å². The standard InChI is InChI=1S/C20H20N2O3S/c1-11-7-8-16-13(9-11)10-17(26-16)20(24)25-12(2)18-21-15-6-4-3-5-14(15)19(23)22-18/h3-6,10-12H,7-9H2,1-2H3,(H,21,22,23)/t11-,12-/m1/s1. The number of aryl methyl sites for hydroxylation is 1. The van der Waals surface area contributed by atoms with E-state index < -0.39 is 6.10 Å². The van der Waals surface area contributed by atoms with Gasteiger partial charge in [-0.15, -0.1) is 11.3 Å². The fourth-order valence-electron chi connectivity index (χ4n) is 3.38. The lowest BCUT2D eigenvalue weighted by molar-refractivity contribution is 0.0326. The molecule has 0 amide bonds. The normalized spacial score (nSPS) is 17.7. The van der Waals surface area contributed by atoms with Crippen molar-refractivity contribution in [2.45, 2.75) is 39.2 Å². The highest BCUT2D eigenvalue weighted by Gasteiger charge is 2.23. The van der Waals surface area contributed by atoms with E-state index in [4.69, 9.17) is 4.74 Å². The number of nitrogens with one attached hydrogen (secondary N) is 1. The van der Waals surface area contributed by atoms with E-state index in [0.717, 1.165) is 12.8 Å². The van der Waals surface area contributed by atoms with Crippen molar-refractivity contribution in [2.24, 2.45) is 5.92 Å². The van der Waals surface area contributed by atoms with Gasteiger partial charge in [0.1, 0.15) is 4.88 Å². The summed E-state index contributed by atoms with van der Waals surface area (Å²) in [6.07, 6.45) is 2.59. The number of esters is 1. The number of H-pyrrole nitrogens is 1. The minimum Gasteiger partial charge on any atom is -0.450 e. The van der Waals surface area contributed by atoms with Crippen LogP contribution in [0.25, 0.3) is 10.9 Å². The summed E-state index contributed by atoms with van der Waals surface area (Å²) < 4.78 is 5.57. The average molecular weight is 368 g/mol. The lowest BCUT2D eigenvalue weighted by Gasteiger charge is -2.16. The lowest BCUT2D eigenvalue weighted by atomic mass is 9.90. The molecule has 0 saturated heterocycles. The molecular formula is C20H20N2O3S. The third-order valence-corrected chi connectivity index (χ3v) is 6.05. The molecule has 1 N–H and O–H groups in total. The molecule has 0 saturated carbocycles. The minimum atomic E-state index is -0.627. The zero-order valence-electron chi connectivity index (χ0n) is 14.7. The van der Waals surface area contributed by atoms with Crippen LogP contribution >= 0.6 is 11.3 Å².